The number of carbonyl (C=O) groups excluding carboxylic acids is 1. The van der Waals surface area contributed by atoms with Gasteiger partial charge in [-0.1, -0.05) is 35.5 Å². The number of ether oxygens (including phenoxy) is 2. The Bertz CT molecular complexity index is 1340. The van der Waals surface area contributed by atoms with Gasteiger partial charge in [0.05, 0.1) is 25.7 Å². The Hall–Kier alpha value is -3.82. The highest BCUT2D eigenvalue weighted by molar-refractivity contribution is 7.99. The molecule has 0 saturated heterocycles. The lowest BCUT2D eigenvalue weighted by Gasteiger charge is -2.11. The molecule has 8 nitrogen and oxygen atoms in total. The molecule has 0 saturated carbocycles. The lowest BCUT2D eigenvalue weighted by Crippen LogP contribution is -2.20. The van der Waals surface area contributed by atoms with Crippen LogP contribution in [0.1, 0.15) is 12.5 Å². The molecule has 4 rings (SSSR count). The molecule has 0 aliphatic rings. The van der Waals surface area contributed by atoms with E-state index >= 15 is 0 Å². The number of nitrogens with one attached hydrogen (secondary N) is 1. The fraction of sp³-hybridized carbons (Fsp3) is 0.154. The van der Waals surface area contributed by atoms with Crippen LogP contribution in [0.2, 0.25) is 5.02 Å². The van der Waals surface area contributed by atoms with Crippen molar-refractivity contribution >= 4 is 35.5 Å². The number of rotatable bonds is 10. The summed E-state index contributed by atoms with van der Waals surface area (Å²) in [6.45, 7) is 2.45. The van der Waals surface area contributed by atoms with Gasteiger partial charge in [0.2, 0.25) is 0 Å². The summed E-state index contributed by atoms with van der Waals surface area (Å²) >= 11 is 7.35. The fourth-order valence-corrected chi connectivity index (χ4v) is 4.19. The van der Waals surface area contributed by atoms with E-state index in [4.69, 9.17) is 21.1 Å². The minimum atomic E-state index is -0.276. The molecule has 0 spiro atoms. The first kappa shape index (κ1) is 25.3. The number of aromatic nitrogens is 3. The van der Waals surface area contributed by atoms with Crippen molar-refractivity contribution in [3.8, 4) is 28.6 Å². The molecule has 1 N–H and O–H groups in total. The van der Waals surface area contributed by atoms with Crippen LogP contribution >= 0.6 is 23.4 Å². The van der Waals surface area contributed by atoms with Gasteiger partial charge in [-0.05, 0) is 67.6 Å². The standard InChI is InChI=1S/C26H24ClN5O3S/c1-3-35-23-7-5-4-6-19(23)16-28-29-24(33)17-36-26-31-30-25(18-8-14-22(34-2)15-9-18)32(26)21-12-10-20(27)11-13-21/h4-16H,3,17H2,1-2H3,(H,29,33). The van der Waals surface area contributed by atoms with Crippen LogP contribution in [0, 0.1) is 0 Å². The number of hydrogen-bond acceptors (Lipinski definition) is 7. The van der Waals surface area contributed by atoms with Crippen molar-refractivity contribution in [1.29, 1.82) is 0 Å². The number of nitrogens with zero attached hydrogens (tertiary/aromatic N) is 4. The summed E-state index contributed by atoms with van der Waals surface area (Å²) in [6, 6.07) is 22.4. The average Bonchev–Trinajstić information content (AvgIpc) is 3.33. The second-order valence-corrected chi connectivity index (χ2v) is 8.78. The van der Waals surface area contributed by atoms with Gasteiger partial charge in [0.25, 0.3) is 5.91 Å². The van der Waals surface area contributed by atoms with E-state index in [0.29, 0.717) is 28.4 Å². The topological polar surface area (TPSA) is 90.6 Å². The van der Waals surface area contributed by atoms with Crippen molar-refractivity contribution in [1.82, 2.24) is 20.2 Å². The molecule has 0 aliphatic carbocycles. The Morgan fingerprint density at radius 1 is 1.08 bits per heavy atom. The zero-order chi connectivity index (χ0) is 25.3. The molecule has 3 aromatic carbocycles. The van der Waals surface area contributed by atoms with Crippen LogP contribution in [0.25, 0.3) is 17.1 Å². The van der Waals surface area contributed by atoms with Crippen LogP contribution in [0.3, 0.4) is 0 Å². The summed E-state index contributed by atoms with van der Waals surface area (Å²) in [6.07, 6.45) is 1.56. The van der Waals surface area contributed by atoms with E-state index in [1.807, 2.05) is 72.2 Å². The van der Waals surface area contributed by atoms with Crippen molar-refractivity contribution in [2.24, 2.45) is 5.10 Å². The Balaban J connectivity index is 1.50. The first-order chi connectivity index (χ1) is 17.6. The van der Waals surface area contributed by atoms with E-state index in [1.165, 1.54) is 11.8 Å². The zero-order valence-corrected chi connectivity index (χ0v) is 21.3. The quantitative estimate of drug-likeness (QED) is 0.174. The summed E-state index contributed by atoms with van der Waals surface area (Å²) < 4.78 is 12.7. The summed E-state index contributed by atoms with van der Waals surface area (Å²) in [5.41, 5.74) is 5.01. The molecule has 36 heavy (non-hydrogen) atoms. The number of para-hydroxylation sites is 1. The average molecular weight is 522 g/mol. The molecule has 1 aromatic heterocycles. The van der Waals surface area contributed by atoms with Crippen LogP contribution in [0.5, 0.6) is 11.5 Å². The van der Waals surface area contributed by atoms with Gasteiger partial charge in [0, 0.05) is 21.8 Å². The molecule has 0 radical (unpaired) electrons. The first-order valence-corrected chi connectivity index (χ1v) is 12.5. The Morgan fingerprint density at radius 3 is 2.56 bits per heavy atom. The molecule has 1 heterocycles. The Morgan fingerprint density at radius 2 is 1.83 bits per heavy atom. The SMILES string of the molecule is CCOc1ccccc1C=NNC(=O)CSc1nnc(-c2ccc(OC)cc2)n1-c1ccc(Cl)cc1. The van der Waals surface area contributed by atoms with Crippen molar-refractivity contribution in [2.75, 3.05) is 19.5 Å². The van der Waals surface area contributed by atoms with Gasteiger partial charge in [-0.2, -0.15) is 5.10 Å². The van der Waals surface area contributed by atoms with Crippen LogP contribution in [0.4, 0.5) is 0 Å². The summed E-state index contributed by atoms with van der Waals surface area (Å²) in [4.78, 5) is 12.5. The van der Waals surface area contributed by atoms with Crippen LogP contribution in [0.15, 0.2) is 83.1 Å². The molecule has 10 heteroatoms. The van der Waals surface area contributed by atoms with Crippen molar-refractivity contribution in [3.63, 3.8) is 0 Å². The molecule has 1 amide bonds. The summed E-state index contributed by atoms with van der Waals surface area (Å²) in [7, 11) is 1.62. The van der Waals surface area contributed by atoms with E-state index in [-0.39, 0.29) is 11.7 Å². The van der Waals surface area contributed by atoms with Crippen LogP contribution < -0.4 is 14.9 Å². The number of carbonyl (C=O) groups is 1. The minimum absolute atomic E-state index is 0.0960. The highest BCUT2D eigenvalue weighted by Crippen LogP contribution is 2.29. The number of amides is 1. The van der Waals surface area contributed by atoms with E-state index in [0.717, 1.165) is 22.6 Å². The monoisotopic (exact) mass is 521 g/mol. The number of hydrazone groups is 1. The van der Waals surface area contributed by atoms with Crippen molar-refractivity contribution < 1.29 is 14.3 Å². The number of thioether (sulfide) groups is 1. The second-order valence-electron chi connectivity index (χ2n) is 7.40. The smallest absolute Gasteiger partial charge is 0.250 e. The van der Waals surface area contributed by atoms with Crippen LogP contribution in [-0.2, 0) is 4.79 Å². The van der Waals surface area contributed by atoms with Gasteiger partial charge in [-0.15, -0.1) is 10.2 Å². The maximum Gasteiger partial charge on any atom is 0.250 e. The molecule has 0 atom stereocenters. The van der Waals surface area contributed by atoms with Crippen molar-refractivity contribution in [3.05, 3.63) is 83.4 Å². The molecule has 0 bridgehead atoms. The highest BCUT2D eigenvalue weighted by atomic mass is 35.5. The highest BCUT2D eigenvalue weighted by Gasteiger charge is 2.17. The largest absolute Gasteiger partial charge is 0.497 e. The lowest BCUT2D eigenvalue weighted by molar-refractivity contribution is -0.118. The van der Waals surface area contributed by atoms with E-state index in [9.17, 15) is 4.79 Å². The van der Waals surface area contributed by atoms with Crippen molar-refractivity contribution in [2.45, 2.75) is 12.1 Å². The molecular weight excluding hydrogens is 498 g/mol. The Labute approximate surface area is 218 Å². The number of benzene rings is 3. The third-order valence-electron chi connectivity index (χ3n) is 5.01. The zero-order valence-electron chi connectivity index (χ0n) is 19.7. The predicted octanol–water partition coefficient (Wildman–Crippen LogP) is 5.24. The maximum absolute atomic E-state index is 12.5. The molecule has 0 aliphatic heterocycles. The van der Waals surface area contributed by atoms with Gasteiger partial charge in [0.1, 0.15) is 11.5 Å². The number of methoxy groups -OCH3 is 1. The molecule has 184 valence electrons. The van der Waals surface area contributed by atoms with E-state index < -0.39 is 0 Å². The van der Waals surface area contributed by atoms with Gasteiger partial charge in [-0.25, -0.2) is 5.43 Å². The third-order valence-corrected chi connectivity index (χ3v) is 6.19. The van der Waals surface area contributed by atoms with E-state index in [1.54, 1.807) is 25.5 Å². The number of hydrogen-bond donors (Lipinski definition) is 1. The minimum Gasteiger partial charge on any atom is -0.497 e. The third kappa shape index (κ3) is 6.24. The van der Waals surface area contributed by atoms with Crippen LogP contribution in [-0.4, -0.2) is 46.4 Å². The lowest BCUT2D eigenvalue weighted by atomic mass is 10.2. The molecule has 0 fully saturated rings. The fourth-order valence-electron chi connectivity index (χ4n) is 3.32. The second kappa shape index (κ2) is 12.2. The Kier molecular flexibility index (Phi) is 8.59. The normalized spacial score (nSPS) is 11.0. The first-order valence-electron chi connectivity index (χ1n) is 11.1. The van der Waals surface area contributed by atoms with E-state index in [2.05, 4.69) is 20.7 Å². The number of halogens is 1. The summed E-state index contributed by atoms with van der Waals surface area (Å²) in [5.74, 6) is 1.90. The van der Waals surface area contributed by atoms with Gasteiger partial charge in [0.15, 0.2) is 11.0 Å². The molecule has 0 unspecified atom stereocenters. The van der Waals surface area contributed by atoms with Gasteiger partial charge >= 0.3 is 0 Å². The molecule has 4 aromatic rings. The maximum atomic E-state index is 12.5. The molecular formula is C26H24ClN5O3S. The predicted molar refractivity (Wildman–Crippen MR) is 142 cm³/mol. The van der Waals surface area contributed by atoms with Gasteiger partial charge in [-0.3, -0.25) is 9.36 Å². The van der Waals surface area contributed by atoms with Gasteiger partial charge < -0.3 is 9.47 Å². The summed E-state index contributed by atoms with van der Waals surface area (Å²) in [5, 5.41) is 14.0.